The number of carbonyl (C=O) groups excluding carboxylic acids is 1. The monoisotopic (exact) mass is 391 g/mol. The van der Waals surface area contributed by atoms with Crippen LogP contribution in [0.4, 0.5) is 5.69 Å². The average Bonchev–Trinajstić information content (AvgIpc) is 2.71. The first kappa shape index (κ1) is 20.0. The molecule has 3 aromatic carbocycles. The molecule has 0 aliphatic carbocycles. The molecule has 0 spiro atoms. The van der Waals surface area contributed by atoms with Crippen molar-refractivity contribution in [1.29, 1.82) is 0 Å². The molecule has 0 radical (unpaired) electrons. The van der Waals surface area contributed by atoms with Crippen LogP contribution >= 0.6 is 11.8 Å². The summed E-state index contributed by atoms with van der Waals surface area (Å²) in [6, 6.07) is 26.5. The van der Waals surface area contributed by atoms with Crippen molar-refractivity contribution >= 4 is 23.4 Å². The molecule has 0 fully saturated rings. The Bertz CT molecular complexity index is 879. The number of anilines is 1. The van der Waals surface area contributed by atoms with E-state index in [-0.39, 0.29) is 5.97 Å². The van der Waals surface area contributed by atoms with Crippen LogP contribution in [0.5, 0.6) is 5.75 Å². The highest BCUT2D eigenvalue weighted by Crippen LogP contribution is 2.31. The molecule has 0 amide bonds. The van der Waals surface area contributed by atoms with Crippen LogP contribution < -0.4 is 10.1 Å². The molecule has 0 unspecified atom stereocenters. The van der Waals surface area contributed by atoms with Gasteiger partial charge in [-0.25, -0.2) is 0 Å². The Morgan fingerprint density at radius 3 is 2.46 bits per heavy atom. The van der Waals surface area contributed by atoms with Gasteiger partial charge < -0.3 is 10.1 Å². The lowest BCUT2D eigenvalue weighted by molar-refractivity contribution is -0.134. The van der Waals surface area contributed by atoms with E-state index in [9.17, 15) is 4.79 Å². The summed E-state index contributed by atoms with van der Waals surface area (Å²) in [5.74, 6) is 0.415. The van der Waals surface area contributed by atoms with E-state index in [1.807, 2.05) is 37.3 Å². The molecule has 0 aliphatic rings. The summed E-state index contributed by atoms with van der Waals surface area (Å²) >= 11 is 1.65. The molecule has 3 nitrogen and oxygen atoms in total. The second-order valence-electron chi connectivity index (χ2n) is 6.49. The van der Waals surface area contributed by atoms with Crippen LogP contribution in [0.1, 0.15) is 25.3 Å². The third-order valence-corrected chi connectivity index (χ3v) is 5.16. The molecule has 1 N–H and O–H groups in total. The van der Waals surface area contributed by atoms with Crippen molar-refractivity contribution in [2.75, 3.05) is 11.9 Å². The predicted molar refractivity (Wildman–Crippen MR) is 116 cm³/mol. The number of rotatable bonds is 9. The highest BCUT2D eigenvalue weighted by atomic mass is 32.2. The fraction of sp³-hybridized carbons (Fsp3) is 0.208. The summed E-state index contributed by atoms with van der Waals surface area (Å²) in [6.45, 7) is 2.87. The van der Waals surface area contributed by atoms with Gasteiger partial charge in [0.25, 0.3) is 0 Å². The van der Waals surface area contributed by atoms with Crippen molar-refractivity contribution in [3.63, 3.8) is 0 Å². The maximum absolute atomic E-state index is 11.7. The Hall–Kier alpha value is -2.72. The lowest BCUT2D eigenvalue weighted by Crippen LogP contribution is -2.06. The second-order valence-corrected chi connectivity index (χ2v) is 7.63. The molecule has 0 bridgehead atoms. The molecule has 0 atom stereocenters. The van der Waals surface area contributed by atoms with Gasteiger partial charge in [-0.1, -0.05) is 55.1 Å². The van der Waals surface area contributed by atoms with Crippen LogP contribution in [0, 0.1) is 0 Å². The van der Waals surface area contributed by atoms with Gasteiger partial charge in [0.1, 0.15) is 5.75 Å². The molecule has 4 heteroatoms. The number of hydrogen-bond acceptors (Lipinski definition) is 4. The summed E-state index contributed by atoms with van der Waals surface area (Å²) < 4.78 is 5.37. The van der Waals surface area contributed by atoms with Crippen LogP contribution in [0.2, 0.25) is 0 Å². The Labute approximate surface area is 171 Å². The van der Waals surface area contributed by atoms with Crippen LogP contribution in [0.25, 0.3) is 0 Å². The standard InChI is InChI=1S/C24H25NO2S/c1-2-7-24(26)27-21-10-6-11-23(18-21)28-22-14-12-20(13-15-22)25-17-16-19-8-4-3-5-9-19/h3-6,8-15,18,25H,2,7,16-17H2,1H3. The SMILES string of the molecule is CCCC(=O)Oc1cccc(Sc2ccc(NCCc3ccccc3)cc2)c1. The van der Waals surface area contributed by atoms with E-state index in [2.05, 4.69) is 53.8 Å². The molecule has 0 saturated carbocycles. The highest BCUT2D eigenvalue weighted by Gasteiger charge is 2.05. The van der Waals surface area contributed by atoms with Crippen molar-refractivity contribution in [2.45, 2.75) is 36.0 Å². The average molecular weight is 392 g/mol. The zero-order valence-corrected chi connectivity index (χ0v) is 16.9. The zero-order chi connectivity index (χ0) is 19.6. The van der Waals surface area contributed by atoms with Gasteiger partial charge in [-0.3, -0.25) is 4.79 Å². The van der Waals surface area contributed by atoms with Gasteiger partial charge >= 0.3 is 5.97 Å². The molecule has 144 valence electrons. The van der Waals surface area contributed by atoms with Crippen molar-refractivity contribution in [2.24, 2.45) is 0 Å². The van der Waals surface area contributed by atoms with Crippen LogP contribution in [0.3, 0.4) is 0 Å². The molecular formula is C24H25NO2S. The van der Waals surface area contributed by atoms with Crippen molar-refractivity contribution in [1.82, 2.24) is 0 Å². The Morgan fingerprint density at radius 2 is 1.71 bits per heavy atom. The third kappa shape index (κ3) is 6.46. The zero-order valence-electron chi connectivity index (χ0n) is 16.1. The lowest BCUT2D eigenvalue weighted by atomic mass is 10.1. The van der Waals surface area contributed by atoms with Gasteiger partial charge in [-0.05, 0) is 60.9 Å². The van der Waals surface area contributed by atoms with Crippen LogP contribution in [-0.2, 0) is 11.2 Å². The fourth-order valence-electron chi connectivity index (χ4n) is 2.76. The Balaban J connectivity index is 1.52. The maximum Gasteiger partial charge on any atom is 0.311 e. The molecular weight excluding hydrogens is 366 g/mol. The molecule has 0 aliphatic heterocycles. The number of benzene rings is 3. The topological polar surface area (TPSA) is 38.3 Å². The van der Waals surface area contributed by atoms with E-state index in [4.69, 9.17) is 4.74 Å². The molecule has 0 saturated heterocycles. The summed E-state index contributed by atoms with van der Waals surface area (Å²) in [7, 11) is 0. The second kappa shape index (κ2) is 10.6. The first-order chi connectivity index (χ1) is 13.7. The third-order valence-electron chi connectivity index (χ3n) is 4.17. The minimum Gasteiger partial charge on any atom is -0.426 e. The first-order valence-corrected chi connectivity index (χ1v) is 10.4. The number of ether oxygens (including phenoxy) is 1. The number of carbonyl (C=O) groups is 1. The maximum atomic E-state index is 11.7. The highest BCUT2D eigenvalue weighted by molar-refractivity contribution is 7.99. The predicted octanol–water partition coefficient (Wildman–Crippen LogP) is 6.20. The van der Waals surface area contributed by atoms with Crippen LogP contribution in [-0.4, -0.2) is 12.5 Å². The Kier molecular flexibility index (Phi) is 7.56. The molecule has 3 rings (SSSR count). The van der Waals surface area contributed by atoms with Gasteiger partial charge in [-0.15, -0.1) is 0 Å². The summed E-state index contributed by atoms with van der Waals surface area (Å²) in [5.41, 5.74) is 2.45. The van der Waals surface area contributed by atoms with Gasteiger partial charge in [0.05, 0.1) is 0 Å². The van der Waals surface area contributed by atoms with E-state index >= 15 is 0 Å². The van der Waals surface area contributed by atoms with Crippen molar-refractivity contribution < 1.29 is 9.53 Å². The van der Waals surface area contributed by atoms with Crippen molar-refractivity contribution in [3.05, 3.63) is 84.4 Å². The lowest BCUT2D eigenvalue weighted by Gasteiger charge is -2.09. The number of hydrogen-bond donors (Lipinski definition) is 1. The molecule has 3 aromatic rings. The van der Waals surface area contributed by atoms with E-state index in [1.54, 1.807) is 11.8 Å². The largest absolute Gasteiger partial charge is 0.426 e. The summed E-state index contributed by atoms with van der Waals surface area (Å²) in [5, 5.41) is 3.46. The summed E-state index contributed by atoms with van der Waals surface area (Å²) in [6.07, 6.45) is 2.23. The number of nitrogens with one attached hydrogen (secondary N) is 1. The number of esters is 1. The Morgan fingerprint density at radius 1 is 0.929 bits per heavy atom. The first-order valence-electron chi connectivity index (χ1n) is 9.59. The molecule has 28 heavy (non-hydrogen) atoms. The van der Waals surface area contributed by atoms with E-state index < -0.39 is 0 Å². The minimum absolute atomic E-state index is 0.185. The van der Waals surface area contributed by atoms with E-state index in [0.29, 0.717) is 12.2 Å². The normalized spacial score (nSPS) is 10.5. The van der Waals surface area contributed by atoms with Gasteiger partial charge in [-0.2, -0.15) is 0 Å². The van der Waals surface area contributed by atoms with Gasteiger partial charge in [0.2, 0.25) is 0 Å². The van der Waals surface area contributed by atoms with Gasteiger partial charge in [0, 0.05) is 28.4 Å². The van der Waals surface area contributed by atoms with E-state index in [0.717, 1.165) is 34.9 Å². The van der Waals surface area contributed by atoms with E-state index in [1.165, 1.54) is 5.56 Å². The molecule has 0 aromatic heterocycles. The summed E-state index contributed by atoms with van der Waals surface area (Å²) in [4.78, 5) is 13.9. The van der Waals surface area contributed by atoms with Crippen molar-refractivity contribution in [3.8, 4) is 5.75 Å². The van der Waals surface area contributed by atoms with Gasteiger partial charge in [0.15, 0.2) is 0 Å². The minimum atomic E-state index is -0.185. The molecule has 0 heterocycles. The smallest absolute Gasteiger partial charge is 0.311 e. The van der Waals surface area contributed by atoms with Crippen LogP contribution in [0.15, 0.2) is 88.7 Å². The fourth-order valence-corrected chi connectivity index (χ4v) is 3.63. The quantitative estimate of drug-likeness (QED) is 0.348.